The molecule has 2 N–H and O–H groups in total. The van der Waals surface area contributed by atoms with Crippen molar-refractivity contribution in [3.05, 3.63) is 23.8 Å². The van der Waals surface area contributed by atoms with Gasteiger partial charge in [0.2, 0.25) is 0 Å². The molecule has 1 fully saturated rings. The zero-order valence-electron chi connectivity index (χ0n) is 10.3. The van der Waals surface area contributed by atoms with Gasteiger partial charge in [-0.15, -0.1) is 0 Å². The van der Waals surface area contributed by atoms with Crippen LogP contribution in [0.4, 0.5) is 5.69 Å². The standard InChI is InChI=1S/C13H17NO4/c1-16-12-6-10(4-5-11(12)14)13(15)18-8-17-7-9-2-3-9/h4-6,9H,2-3,7-8,14H2,1H3. The molecule has 0 unspecified atom stereocenters. The van der Waals surface area contributed by atoms with E-state index in [1.165, 1.54) is 20.0 Å². The van der Waals surface area contributed by atoms with Crippen molar-refractivity contribution in [3.63, 3.8) is 0 Å². The largest absolute Gasteiger partial charge is 0.495 e. The minimum atomic E-state index is -0.441. The summed E-state index contributed by atoms with van der Waals surface area (Å²) < 4.78 is 15.3. The first kappa shape index (κ1) is 12.7. The average Bonchev–Trinajstić information content (AvgIpc) is 3.19. The predicted molar refractivity (Wildman–Crippen MR) is 66.4 cm³/mol. The first-order valence-electron chi connectivity index (χ1n) is 5.89. The highest BCUT2D eigenvalue weighted by Crippen LogP contribution is 2.28. The normalized spacial score (nSPS) is 14.3. The van der Waals surface area contributed by atoms with Crippen molar-refractivity contribution in [2.45, 2.75) is 12.8 Å². The van der Waals surface area contributed by atoms with Crippen molar-refractivity contribution >= 4 is 11.7 Å². The third kappa shape index (κ3) is 3.37. The van der Waals surface area contributed by atoms with Crippen LogP contribution >= 0.6 is 0 Å². The van der Waals surface area contributed by atoms with Crippen molar-refractivity contribution < 1.29 is 19.0 Å². The molecule has 1 aromatic carbocycles. The van der Waals surface area contributed by atoms with Gasteiger partial charge in [-0.1, -0.05) is 0 Å². The quantitative estimate of drug-likeness (QED) is 0.361. The molecular weight excluding hydrogens is 234 g/mol. The van der Waals surface area contributed by atoms with Crippen molar-refractivity contribution in [1.29, 1.82) is 0 Å². The molecule has 0 aromatic heterocycles. The maximum atomic E-state index is 11.7. The number of esters is 1. The zero-order valence-corrected chi connectivity index (χ0v) is 10.3. The van der Waals surface area contributed by atoms with E-state index in [1.807, 2.05) is 0 Å². The molecule has 98 valence electrons. The summed E-state index contributed by atoms with van der Waals surface area (Å²) in [7, 11) is 1.50. The average molecular weight is 251 g/mol. The van der Waals surface area contributed by atoms with Gasteiger partial charge in [-0.3, -0.25) is 0 Å². The van der Waals surface area contributed by atoms with Crippen LogP contribution in [-0.2, 0) is 9.47 Å². The third-order valence-corrected chi connectivity index (χ3v) is 2.79. The van der Waals surface area contributed by atoms with Crippen molar-refractivity contribution in [1.82, 2.24) is 0 Å². The Kier molecular flexibility index (Phi) is 4.04. The molecular formula is C13H17NO4. The van der Waals surface area contributed by atoms with Gasteiger partial charge in [-0.05, 0) is 37.0 Å². The summed E-state index contributed by atoms with van der Waals surface area (Å²) in [5.41, 5.74) is 6.54. The van der Waals surface area contributed by atoms with E-state index in [4.69, 9.17) is 19.9 Å². The van der Waals surface area contributed by atoms with E-state index in [0.29, 0.717) is 29.5 Å². The maximum Gasteiger partial charge on any atom is 0.340 e. The third-order valence-electron chi connectivity index (χ3n) is 2.79. The molecule has 0 saturated heterocycles. The van der Waals surface area contributed by atoms with Gasteiger partial charge < -0.3 is 19.9 Å². The lowest BCUT2D eigenvalue weighted by molar-refractivity contribution is -0.0344. The Morgan fingerprint density at radius 2 is 2.22 bits per heavy atom. The minimum absolute atomic E-state index is 0.0119. The van der Waals surface area contributed by atoms with Crippen LogP contribution in [0, 0.1) is 5.92 Å². The van der Waals surface area contributed by atoms with Crippen molar-refractivity contribution in [2.24, 2.45) is 5.92 Å². The molecule has 0 atom stereocenters. The molecule has 0 spiro atoms. The van der Waals surface area contributed by atoms with E-state index in [0.717, 1.165) is 0 Å². The first-order valence-corrected chi connectivity index (χ1v) is 5.89. The van der Waals surface area contributed by atoms with Gasteiger partial charge in [0.05, 0.1) is 25.0 Å². The van der Waals surface area contributed by atoms with Crippen LogP contribution in [0.1, 0.15) is 23.2 Å². The van der Waals surface area contributed by atoms with E-state index < -0.39 is 5.97 Å². The van der Waals surface area contributed by atoms with Crippen LogP contribution in [0.5, 0.6) is 5.75 Å². The Bertz CT molecular complexity index is 429. The van der Waals surface area contributed by atoms with Gasteiger partial charge in [0.25, 0.3) is 0 Å². The number of nitrogens with two attached hydrogens (primary N) is 1. The van der Waals surface area contributed by atoms with Crippen LogP contribution in [0.2, 0.25) is 0 Å². The Morgan fingerprint density at radius 1 is 1.44 bits per heavy atom. The number of methoxy groups -OCH3 is 1. The molecule has 5 heteroatoms. The summed E-state index contributed by atoms with van der Waals surface area (Å²) in [6, 6.07) is 4.76. The summed E-state index contributed by atoms with van der Waals surface area (Å²) in [6.45, 7) is 0.653. The molecule has 18 heavy (non-hydrogen) atoms. The maximum absolute atomic E-state index is 11.7. The number of ether oxygens (including phenoxy) is 3. The molecule has 0 amide bonds. The van der Waals surface area contributed by atoms with E-state index in [1.54, 1.807) is 18.2 Å². The summed E-state index contributed by atoms with van der Waals surface area (Å²) >= 11 is 0. The molecule has 1 aromatic rings. The smallest absolute Gasteiger partial charge is 0.340 e. The van der Waals surface area contributed by atoms with Gasteiger partial charge >= 0.3 is 5.97 Å². The number of hydrogen-bond acceptors (Lipinski definition) is 5. The lowest BCUT2D eigenvalue weighted by atomic mass is 10.2. The summed E-state index contributed by atoms with van der Waals surface area (Å²) in [6.07, 6.45) is 2.42. The number of carbonyl (C=O) groups excluding carboxylic acids is 1. The van der Waals surface area contributed by atoms with Crippen molar-refractivity contribution in [2.75, 3.05) is 26.2 Å². The first-order chi connectivity index (χ1) is 8.70. The van der Waals surface area contributed by atoms with Crippen LogP contribution in [0.15, 0.2) is 18.2 Å². The topological polar surface area (TPSA) is 70.8 Å². The fraction of sp³-hybridized carbons (Fsp3) is 0.462. The number of anilines is 1. The molecule has 1 saturated carbocycles. The Labute approximate surface area is 106 Å². The lowest BCUT2D eigenvalue weighted by Gasteiger charge is -2.08. The number of benzene rings is 1. The van der Waals surface area contributed by atoms with Crippen LogP contribution < -0.4 is 10.5 Å². The van der Waals surface area contributed by atoms with Gasteiger partial charge in [0.15, 0.2) is 6.79 Å². The molecule has 1 aliphatic carbocycles. The van der Waals surface area contributed by atoms with Crippen LogP contribution in [-0.4, -0.2) is 26.5 Å². The highest BCUT2D eigenvalue weighted by atomic mass is 16.7. The highest BCUT2D eigenvalue weighted by molar-refractivity contribution is 5.90. The lowest BCUT2D eigenvalue weighted by Crippen LogP contribution is -2.10. The molecule has 0 radical (unpaired) electrons. The second-order valence-corrected chi connectivity index (χ2v) is 4.32. The van der Waals surface area contributed by atoms with E-state index in [-0.39, 0.29) is 6.79 Å². The van der Waals surface area contributed by atoms with Crippen LogP contribution in [0.3, 0.4) is 0 Å². The molecule has 5 nitrogen and oxygen atoms in total. The van der Waals surface area contributed by atoms with E-state index in [9.17, 15) is 4.79 Å². The summed E-state index contributed by atoms with van der Waals surface area (Å²) in [5.74, 6) is 0.674. The van der Waals surface area contributed by atoms with Gasteiger partial charge in [-0.2, -0.15) is 0 Å². The second kappa shape index (κ2) is 5.73. The molecule has 0 heterocycles. The monoisotopic (exact) mass is 251 g/mol. The Morgan fingerprint density at radius 3 is 2.89 bits per heavy atom. The van der Waals surface area contributed by atoms with E-state index in [2.05, 4.69) is 0 Å². The predicted octanol–water partition coefficient (Wildman–Crippen LogP) is 1.82. The Hall–Kier alpha value is -1.75. The zero-order chi connectivity index (χ0) is 13.0. The molecule has 0 aliphatic heterocycles. The SMILES string of the molecule is COc1cc(C(=O)OCOCC2CC2)ccc1N. The second-order valence-electron chi connectivity index (χ2n) is 4.32. The molecule has 2 rings (SSSR count). The van der Waals surface area contributed by atoms with Gasteiger partial charge in [0.1, 0.15) is 5.75 Å². The van der Waals surface area contributed by atoms with Crippen LogP contribution in [0.25, 0.3) is 0 Å². The number of nitrogen functional groups attached to an aromatic ring is 1. The number of rotatable bonds is 6. The molecule has 1 aliphatic rings. The summed E-state index contributed by atoms with van der Waals surface area (Å²) in [4.78, 5) is 11.7. The number of carbonyl (C=O) groups is 1. The van der Waals surface area contributed by atoms with E-state index >= 15 is 0 Å². The molecule has 0 bridgehead atoms. The highest BCUT2D eigenvalue weighted by Gasteiger charge is 2.21. The van der Waals surface area contributed by atoms with Crippen molar-refractivity contribution in [3.8, 4) is 5.75 Å². The fourth-order valence-corrected chi connectivity index (χ4v) is 1.52. The van der Waals surface area contributed by atoms with Gasteiger partial charge in [0, 0.05) is 0 Å². The number of hydrogen-bond donors (Lipinski definition) is 1. The summed E-state index contributed by atoms with van der Waals surface area (Å²) in [5, 5.41) is 0. The Balaban J connectivity index is 1.83. The van der Waals surface area contributed by atoms with Gasteiger partial charge in [-0.25, -0.2) is 4.79 Å². The fourth-order valence-electron chi connectivity index (χ4n) is 1.52. The minimum Gasteiger partial charge on any atom is -0.495 e.